The second-order valence-corrected chi connectivity index (χ2v) is 3.95. The molecule has 0 rings (SSSR count). The molecule has 4 N–H and O–H groups in total. The summed E-state index contributed by atoms with van der Waals surface area (Å²) >= 11 is 0. The third-order valence-corrected chi connectivity index (χ3v) is 2.60. The topological polar surface area (TPSA) is 84.6 Å². The highest BCUT2D eigenvalue weighted by Crippen LogP contribution is 2.06. The van der Waals surface area contributed by atoms with Crippen molar-refractivity contribution < 1.29 is 14.6 Å². The lowest BCUT2D eigenvalue weighted by Crippen LogP contribution is -2.39. The van der Waals surface area contributed by atoms with Crippen LogP contribution in [0.15, 0.2) is 0 Å². The van der Waals surface area contributed by atoms with Gasteiger partial charge in [0.25, 0.3) is 0 Å². The Morgan fingerprint density at radius 3 is 2.69 bits per heavy atom. The van der Waals surface area contributed by atoms with Crippen molar-refractivity contribution in [2.75, 3.05) is 26.9 Å². The number of nitrogens with two attached hydrogens (primary N) is 1. The predicted octanol–water partition coefficient (Wildman–Crippen LogP) is -0.125. The summed E-state index contributed by atoms with van der Waals surface area (Å²) in [6.07, 6.45) is 1.86. The minimum Gasteiger partial charge on any atom is -0.396 e. The SMILES string of the molecule is CCC(CN)CC(=O)NC(CCO)COC. The fraction of sp³-hybridized carbons (Fsp3) is 0.909. The van der Waals surface area contributed by atoms with Crippen LogP contribution in [0.3, 0.4) is 0 Å². The van der Waals surface area contributed by atoms with Crippen LogP contribution in [-0.4, -0.2) is 43.9 Å². The molecule has 0 aliphatic rings. The second kappa shape index (κ2) is 9.57. The third-order valence-electron chi connectivity index (χ3n) is 2.60. The minimum atomic E-state index is -0.113. The minimum absolute atomic E-state index is 0.0206. The summed E-state index contributed by atoms with van der Waals surface area (Å²) < 4.78 is 4.96. The van der Waals surface area contributed by atoms with E-state index in [-0.39, 0.29) is 24.5 Å². The molecule has 0 radical (unpaired) electrons. The predicted molar refractivity (Wildman–Crippen MR) is 63.0 cm³/mol. The molecule has 96 valence electrons. The number of ether oxygens (including phenoxy) is 1. The van der Waals surface area contributed by atoms with E-state index < -0.39 is 0 Å². The maximum absolute atomic E-state index is 11.6. The highest BCUT2D eigenvalue weighted by atomic mass is 16.5. The summed E-state index contributed by atoms with van der Waals surface area (Å²) in [7, 11) is 1.57. The average molecular weight is 232 g/mol. The summed E-state index contributed by atoms with van der Waals surface area (Å²) in [4.78, 5) is 11.6. The monoisotopic (exact) mass is 232 g/mol. The first-order valence-corrected chi connectivity index (χ1v) is 5.77. The number of hydrogen-bond donors (Lipinski definition) is 3. The molecule has 0 fully saturated rings. The molecule has 16 heavy (non-hydrogen) atoms. The fourth-order valence-corrected chi connectivity index (χ4v) is 1.50. The van der Waals surface area contributed by atoms with Gasteiger partial charge in [-0.3, -0.25) is 4.79 Å². The van der Waals surface area contributed by atoms with E-state index in [1.807, 2.05) is 6.92 Å². The van der Waals surface area contributed by atoms with Crippen LogP contribution in [0.2, 0.25) is 0 Å². The molecule has 0 aromatic rings. The Bertz CT molecular complexity index is 178. The molecule has 2 atom stereocenters. The van der Waals surface area contributed by atoms with Crippen molar-refractivity contribution in [2.24, 2.45) is 11.7 Å². The molecule has 1 amide bonds. The van der Waals surface area contributed by atoms with Crippen LogP contribution in [0.25, 0.3) is 0 Å². The first-order valence-electron chi connectivity index (χ1n) is 5.77. The number of rotatable bonds is 9. The lowest BCUT2D eigenvalue weighted by Gasteiger charge is -2.18. The standard InChI is InChI=1S/C11H24N2O3/c1-3-9(7-12)6-11(15)13-10(4-5-14)8-16-2/h9-10,14H,3-8,12H2,1-2H3,(H,13,15). The zero-order valence-corrected chi connectivity index (χ0v) is 10.2. The summed E-state index contributed by atoms with van der Waals surface area (Å²) in [5.74, 6) is 0.213. The van der Waals surface area contributed by atoms with Gasteiger partial charge in [0, 0.05) is 20.1 Å². The van der Waals surface area contributed by atoms with Crippen molar-refractivity contribution in [1.29, 1.82) is 0 Å². The molecule has 5 heteroatoms. The zero-order valence-electron chi connectivity index (χ0n) is 10.2. The second-order valence-electron chi connectivity index (χ2n) is 3.95. The van der Waals surface area contributed by atoms with E-state index in [1.54, 1.807) is 7.11 Å². The van der Waals surface area contributed by atoms with Crippen LogP contribution < -0.4 is 11.1 Å². The van der Waals surface area contributed by atoms with Gasteiger partial charge < -0.3 is 20.9 Å². The van der Waals surface area contributed by atoms with Crippen molar-refractivity contribution in [1.82, 2.24) is 5.32 Å². The highest BCUT2D eigenvalue weighted by molar-refractivity contribution is 5.76. The van der Waals surface area contributed by atoms with E-state index in [0.717, 1.165) is 6.42 Å². The molecule has 0 aromatic carbocycles. The number of aliphatic hydroxyl groups excluding tert-OH is 1. The van der Waals surface area contributed by atoms with Crippen LogP contribution in [0, 0.1) is 5.92 Å². The first-order chi connectivity index (χ1) is 7.67. The van der Waals surface area contributed by atoms with Crippen LogP contribution in [-0.2, 0) is 9.53 Å². The third kappa shape index (κ3) is 6.76. The Labute approximate surface area is 97.3 Å². The molecule has 0 saturated carbocycles. The molecule has 0 aliphatic heterocycles. The fourth-order valence-electron chi connectivity index (χ4n) is 1.50. The summed E-state index contributed by atoms with van der Waals surface area (Å²) in [5, 5.41) is 11.7. The molecule has 0 saturated heterocycles. The molecular formula is C11H24N2O3. The molecule has 0 heterocycles. The maximum Gasteiger partial charge on any atom is 0.220 e. The lowest BCUT2D eigenvalue weighted by atomic mass is 10.0. The Balaban J connectivity index is 3.97. The number of nitrogens with one attached hydrogen (secondary N) is 1. The van der Waals surface area contributed by atoms with Gasteiger partial charge >= 0.3 is 0 Å². The largest absolute Gasteiger partial charge is 0.396 e. The summed E-state index contributed by atoms with van der Waals surface area (Å²) in [6.45, 7) is 3.01. The molecule has 0 aliphatic carbocycles. The molecule has 0 spiro atoms. The van der Waals surface area contributed by atoms with Crippen LogP contribution in [0.4, 0.5) is 0 Å². The van der Waals surface area contributed by atoms with Crippen molar-refractivity contribution in [3.8, 4) is 0 Å². The lowest BCUT2D eigenvalue weighted by molar-refractivity contribution is -0.123. The van der Waals surface area contributed by atoms with E-state index in [0.29, 0.717) is 26.0 Å². The van der Waals surface area contributed by atoms with E-state index >= 15 is 0 Å². The van der Waals surface area contributed by atoms with Crippen molar-refractivity contribution in [3.63, 3.8) is 0 Å². The zero-order chi connectivity index (χ0) is 12.4. The summed E-state index contributed by atoms with van der Waals surface area (Å²) in [5.41, 5.74) is 5.54. The Morgan fingerprint density at radius 1 is 1.56 bits per heavy atom. The van der Waals surface area contributed by atoms with Gasteiger partial charge in [-0.15, -0.1) is 0 Å². The van der Waals surface area contributed by atoms with Gasteiger partial charge in [0.15, 0.2) is 0 Å². The van der Waals surface area contributed by atoms with Gasteiger partial charge in [-0.2, -0.15) is 0 Å². The number of methoxy groups -OCH3 is 1. The highest BCUT2D eigenvalue weighted by Gasteiger charge is 2.14. The average Bonchev–Trinajstić information content (AvgIpc) is 2.26. The normalized spacial score (nSPS) is 14.5. The van der Waals surface area contributed by atoms with E-state index in [4.69, 9.17) is 15.6 Å². The van der Waals surface area contributed by atoms with Gasteiger partial charge in [-0.25, -0.2) is 0 Å². The van der Waals surface area contributed by atoms with Crippen molar-refractivity contribution in [3.05, 3.63) is 0 Å². The number of amides is 1. The van der Waals surface area contributed by atoms with Gasteiger partial charge in [0.2, 0.25) is 5.91 Å². The number of aliphatic hydroxyl groups is 1. The van der Waals surface area contributed by atoms with Crippen molar-refractivity contribution in [2.45, 2.75) is 32.2 Å². The smallest absolute Gasteiger partial charge is 0.220 e. The quantitative estimate of drug-likeness (QED) is 0.517. The van der Waals surface area contributed by atoms with Crippen LogP contribution >= 0.6 is 0 Å². The van der Waals surface area contributed by atoms with Gasteiger partial charge in [-0.1, -0.05) is 13.3 Å². The number of hydrogen-bond acceptors (Lipinski definition) is 4. The molecular weight excluding hydrogens is 208 g/mol. The van der Waals surface area contributed by atoms with E-state index in [9.17, 15) is 4.79 Å². The molecule has 2 unspecified atom stereocenters. The van der Waals surface area contributed by atoms with Crippen molar-refractivity contribution >= 4 is 5.91 Å². The maximum atomic E-state index is 11.6. The van der Waals surface area contributed by atoms with Gasteiger partial charge in [0.1, 0.15) is 0 Å². The number of carbonyl (C=O) groups excluding carboxylic acids is 1. The Kier molecular flexibility index (Phi) is 9.18. The first kappa shape index (κ1) is 15.3. The Hall–Kier alpha value is -0.650. The Morgan fingerprint density at radius 2 is 2.25 bits per heavy atom. The number of carbonyl (C=O) groups is 1. The summed E-state index contributed by atoms with van der Waals surface area (Å²) in [6, 6.07) is -0.113. The molecule has 5 nitrogen and oxygen atoms in total. The van der Waals surface area contributed by atoms with Crippen LogP contribution in [0.5, 0.6) is 0 Å². The van der Waals surface area contributed by atoms with Crippen LogP contribution in [0.1, 0.15) is 26.2 Å². The van der Waals surface area contributed by atoms with Gasteiger partial charge in [-0.05, 0) is 18.9 Å². The molecule has 0 aromatic heterocycles. The van der Waals surface area contributed by atoms with Gasteiger partial charge in [0.05, 0.1) is 12.6 Å². The van der Waals surface area contributed by atoms with E-state index in [2.05, 4.69) is 5.32 Å². The van der Waals surface area contributed by atoms with E-state index in [1.165, 1.54) is 0 Å². The molecule has 0 bridgehead atoms.